The summed E-state index contributed by atoms with van der Waals surface area (Å²) in [6.45, 7) is 9.41. The topological polar surface area (TPSA) is 71.0 Å². The molecule has 0 aliphatic carbocycles. The highest BCUT2D eigenvalue weighted by atomic mass is 16.5. The Morgan fingerprint density at radius 1 is 1.22 bits per heavy atom. The molecule has 0 bridgehead atoms. The summed E-state index contributed by atoms with van der Waals surface area (Å²) in [5.74, 6) is 1.41. The van der Waals surface area contributed by atoms with Crippen LogP contribution in [-0.4, -0.2) is 68.4 Å². The highest BCUT2D eigenvalue weighted by Crippen LogP contribution is 2.19. The lowest BCUT2D eigenvalue weighted by Gasteiger charge is -2.41. The second kappa shape index (κ2) is 11.1. The Labute approximate surface area is 163 Å². The zero-order valence-corrected chi connectivity index (χ0v) is 17.3. The van der Waals surface area contributed by atoms with Gasteiger partial charge in [-0.05, 0) is 45.8 Å². The molecule has 1 saturated heterocycles. The van der Waals surface area contributed by atoms with Crippen LogP contribution in [0.5, 0.6) is 5.88 Å². The maximum Gasteiger partial charge on any atom is 0.218 e. The highest BCUT2D eigenvalue weighted by Gasteiger charge is 2.27. The molecular formula is C20H35N5O2. The molecule has 2 rings (SSSR count). The van der Waals surface area contributed by atoms with Crippen LogP contribution in [0.1, 0.15) is 38.7 Å². The van der Waals surface area contributed by atoms with Crippen LogP contribution >= 0.6 is 0 Å². The van der Waals surface area contributed by atoms with E-state index in [2.05, 4.69) is 39.4 Å². The van der Waals surface area contributed by atoms with Gasteiger partial charge in [0.1, 0.15) is 6.61 Å². The third-order valence-corrected chi connectivity index (χ3v) is 4.95. The first kappa shape index (κ1) is 21.4. The van der Waals surface area contributed by atoms with E-state index in [4.69, 9.17) is 9.47 Å². The molecule has 0 saturated carbocycles. The van der Waals surface area contributed by atoms with Crippen molar-refractivity contribution in [1.29, 1.82) is 0 Å². The molecule has 0 spiro atoms. The van der Waals surface area contributed by atoms with Gasteiger partial charge in [0.15, 0.2) is 5.96 Å². The van der Waals surface area contributed by atoms with E-state index in [9.17, 15) is 0 Å². The van der Waals surface area contributed by atoms with Gasteiger partial charge >= 0.3 is 0 Å². The smallest absolute Gasteiger partial charge is 0.218 e. The van der Waals surface area contributed by atoms with Gasteiger partial charge in [0.25, 0.3) is 0 Å². The van der Waals surface area contributed by atoms with Crippen molar-refractivity contribution >= 4 is 5.96 Å². The first-order valence-corrected chi connectivity index (χ1v) is 9.82. The number of pyridine rings is 1. The molecule has 2 heterocycles. The van der Waals surface area contributed by atoms with Crippen molar-refractivity contribution in [3.05, 3.63) is 23.9 Å². The molecule has 152 valence electrons. The van der Waals surface area contributed by atoms with Gasteiger partial charge in [-0.25, -0.2) is 4.98 Å². The number of hydrogen-bond donors (Lipinski definition) is 2. The van der Waals surface area contributed by atoms with Gasteiger partial charge in [-0.3, -0.25) is 9.89 Å². The van der Waals surface area contributed by atoms with Crippen LogP contribution in [0.2, 0.25) is 0 Å². The minimum atomic E-state index is 0.0980. The number of nitrogens with one attached hydrogen (secondary N) is 2. The molecule has 0 amide bonds. The normalized spacial score (nSPS) is 16.2. The maximum atomic E-state index is 5.69. The fourth-order valence-corrected chi connectivity index (χ4v) is 3.22. The average Bonchev–Trinajstić information content (AvgIpc) is 2.70. The molecule has 1 aromatic heterocycles. The predicted molar refractivity (Wildman–Crippen MR) is 109 cm³/mol. The fourth-order valence-electron chi connectivity index (χ4n) is 3.22. The second-order valence-corrected chi connectivity index (χ2v) is 7.45. The fraction of sp³-hybridized carbons (Fsp3) is 0.700. The van der Waals surface area contributed by atoms with E-state index < -0.39 is 0 Å². The van der Waals surface area contributed by atoms with Crippen LogP contribution in [-0.2, 0) is 11.3 Å². The molecule has 27 heavy (non-hydrogen) atoms. The summed E-state index contributed by atoms with van der Waals surface area (Å²) < 4.78 is 10.7. The Morgan fingerprint density at radius 2 is 2.00 bits per heavy atom. The minimum absolute atomic E-state index is 0.0980. The lowest BCUT2D eigenvalue weighted by atomic mass is 9.98. The summed E-state index contributed by atoms with van der Waals surface area (Å²) in [6, 6.07) is 3.92. The Hall–Kier alpha value is -1.86. The average molecular weight is 378 g/mol. The van der Waals surface area contributed by atoms with Crippen LogP contribution in [0.4, 0.5) is 0 Å². The van der Waals surface area contributed by atoms with E-state index in [0.717, 1.165) is 18.1 Å². The number of piperidine rings is 1. The summed E-state index contributed by atoms with van der Waals surface area (Å²) in [5, 5.41) is 6.83. The zero-order chi connectivity index (χ0) is 19.5. The van der Waals surface area contributed by atoms with Crippen molar-refractivity contribution < 1.29 is 9.47 Å². The number of likely N-dealkylation sites (tertiary alicyclic amines) is 1. The van der Waals surface area contributed by atoms with E-state index >= 15 is 0 Å². The van der Waals surface area contributed by atoms with E-state index in [1.165, 1.54) is 32.4 Å². The Morgan fingerprint density at radius 3 is 2.70 bits per heavy atom. The SMILES string of the molecule is CN=C(NCc1cccnc1OCCOC)NCC(C)(C)N1CCCCC1. The monoisotopic (exact) mass is 377 g/mol. The molecule has 0 aromatic carbocycles. The predicted octanol–water partition coefficient (Wildman–Crippen LogP) is 2.04. The number of guanidine groups is 1. The highest BCUT2D eigenvalue weighted by molar-refractivity contribution is 5.79. The number of methoxy groups -OCH3 is 1. The quantitative estimate of drug-likeness (QED) is 0.390. The number of hydrogen-bond acceptors (Lipinski definition) is 5. The minimum Gasteiger partial charge on any atom is -0.475 e. The molecule has 0 atom stereocenters. The number of rotatable bonds is 9. The molecule has 1 aliphatic heterocycles. The largest absolute Gasteiger partial charge is 0.475 e. The molecule has 1 fully saturated rings. The molecule has 7 heteroatoms. The number of nitrogens with zero attached hydrogens (tertiary/aromatic N) is 3. The van der Waals surface area contributed by atoms with E-state index in [0.29, 0.717) is 25.6 Å². The van der Waals surface area contributed by atoms with E-state index in [-0.39, 0.29) is 5.54 Å². The van der Waals surface area contributed by atoms with Crippen molar-refractivity contribution in [2.75, 3.05) is 47.0 Å². The van der Waals surface area contributed by atoms with Gasteiger partial charge in [0.05, 0.1) is 6.61 Å². The van der Waals surface area contributed by atoms with Crippen LogP contribution in [0.3, 0.4) is 0 Å². The van der Waals surface area contributed by atoms with Crippen LogP contribution in [0.25, 0.3) is 0 Å². The third kappa shape index (κ3) is 6.99. The summed E-state index contributed by atoms with van der Waals surface area (Å²) in [7, 11) is 3.45. The third-order valence-electron chi connectivity index (χ3n) is 4.95. The Balaban J connectivity index is 1.85. The number of aliphatic imine (C=N–C) groups is 1. The van der Waals surface area contributed by atoms with Gasteiger partial charge in [0, 0.05) is 44.5 Å². The van der Waals surface area contributed by atoms with Crippen molar-refractivity contribution in [3.8, 4) is 5.88 Å². The van der Waals surface area contributed by atoms with Crippen molar-refractivity contribution in [2.45, 2.75) is 45.2 Å². The molecule has 0 radical (unpaired) electrons. The first-order chi connectivity index (χ1) is 13.1. The standard InChI is InChI=1S/C20H35N5O2/c1-20(2,25-11-6-5-7-12-25)16-24-19(21-3)23-15-17-9-8-10-22-18(17)27-14-13-26-4/h8-10H,5-7,11-16H2,1-4H3,(H2,21,23,24). The van der Waals surface area contributed by atoms with Crippen molar-refractivity contribution in [3.63, 3.8) is 0 Å². The van der Waals surface area contributed by atoms with E-state index in [1.807, 2.05) is 12.1 Å². The van der Waals surface area contributed by atoms with Crippen LogP contribution in [0.15, 0.2) is 23.3 Å². The van der Waals surface area contributed by atoms with Gasteiger partial charge in [-0.15, -0.1) is 0 Å². The van der Waals surface area contributed by atoms with Crippen molar-refractivity contribution in [1.82, 2.24) is 20.5 Å². The molecule has 7 nitrogen and oxygen atoms in total. The molecular weight excluding hydrogens is 342 g/mol. The number of ether oxygens (including phenoxy) is 2. The van der Waals surface area contributed by atoms with Crippen molar-refractivity contribution in [2.24, 2.45) is 4.99 Å². The van der Waals surface area contributed by atoms with Gasteiger partial charge in [-0.2, -0.15) is 0 Å². The first-order valence-electron chi connectivity index (χ1n) is 9.82. The summed E-state index contributed by atoms with van der Waals surface area (Å²) in [6.07, 6.45) is 5.68. The van der Waals surface area contributed by atoms with E-state index in [1.54, 1.807) is 20.4 Å². The maximum absolute atomic E-state index is 5.69. The van der Waals surface area contributed by atoms with Crippen LogP contribution < -0.4 is 15.4 Å². The van der Waals surface area contributed by atoms with Gasteiger partial charge in [-0.1, -0.05) is 12.5 Å². The zero-order valence-electron chi connectivity index (χ0n) is 17.3. The van der Waals surface area contributed by atoms with Gasteiger partial charge in [0.2, 0.25) is 5.88 Å². The molecule has 1 aliphatic rings. The Bertz CT molecular complexity index is 585. The molecule has 1 aromatic rings. The lowest BCUT2D eigenvalue weighted by Crippen LogP contribution is -2.54. The summed E-state index contributed by atoms with van der Waals surface area (Å²) >= 11 is 0. The molecule has 2 N–H and O–H groups in total. The molecule has 0 unspecified atom stereocenters. The summed E-state index contributed by atoms with van der Waals surface area (Å²) in [4.78, 5) is 11.2. The number of aromatic nitrogens is 1. The van der Waals surface area contributed by atoms with Gasteiger partial charge < -0.3 is 20.1 Å². The van der Waals surface area contributed by atoms with Crippen LogP contribution in [0, 0.1) is 0 Å². The lowest BCUT2D eigenvalue weighted by molar-refractivity contribution is 0.0982. The second-order valence-electron chi connectivity index (χ2n) is 7.45. The Kier molecular flexibility index (Phi) is 8.81. The summed E-state index contributed by atoms with van der Waals surface area (Å²) in [5.41, 5.74) is 1.09.